The molecule has 0 aliphatic heterocycles. The molecule has 0 fully saturated rings. The Morgan fingerprint density at radius 2 is 0.815 bits per heavy atom. The van der Waals surface area contributed by atoms with Crippen LogP contribution >= 0.6 is 11.3 Å². The molecule has 0 N–H and O–H groups in total. The molecule has 254 valence electrons. The molecule has 10 aromatic rings. The third-order valence-corrected chi connectivity index (χ3v) is 11.7. The van der Waals surface area contributed by atoms with E-state index in [1.165, 1.54) is 81.1 Å². The normalized spacial score (nSPS) is 11.3. The Hall–Kier alpha value is -6.74. The predicted molar refractivity (Wildman–Crippen MR) is 233 cm³/mol. The highest BCUT2D eigenvalue weighted by atomic mass is 32.1. The van der Waals surface area contributed by atoms with Gasteiger partial charge in [0.05, 0.1) is 16.1 Å². The molecule has 2 heteroatoms. The summed E-state index contributed by atoms with van der Waals surface area (Å²) in [4.78, 5) is 2.45. The van der Waals surface area contributed by atoms with Gasteiger partial charge in [0, 0.05) is 26.7 Å². The largest absolute Gasteiger partial charge is 0.308 e. The van der Waals surface area contributed by atoms with Gasteiger partial charge in [0.1, 0.15) is 0 Å². The van der Waals surface area contributed by atoms with Crippen LogP contribution in [0.15, 0.2) is 212 Å². The van der Waals surface area contributed by atoms with Gasteiger partial charge in [-0.3, -0.25) is 0 Å². The van der Waals surface area contributed by atoms with Crippen molar-refractivity contribution in [2.75, 3.05) is 4.90 Å². The zero-order valence-corrected chi connectivity index (χ0v) is 30.4. The number of benzene rings is 9. The molecule has 0 radical (unpaired) electrons. The lowest BCUT2D eigenvalue weighted by atomic mass is 9.97. The Labute approximate surface area is 319 Å². The maximum Gasteiger partial charge on any atom is 0.0640 e. The van der Waals surface area contributed by atoms with Crippen molar-refractivity contribution in [3.8, 4) is 44.5 Å². The summed E-state index contributed by atoms with van der Waals surface area (Å²) in [6.07, 6.45) is 0. The molecular weight excluding hydrogens is 671 g/mol. The van der Waals surface area contributed by atoms with E-state index in [-0.39, 0.29) is 0 Å². The van der Waals surface area contributed by atoms with Gasteiger partial charge in [-0.15, -0.1) is 11.3 Å². The van der Waals surface area contributed by atoms with Crippen LogP contribution < -0.4 is 4.90 Å². The molecule has 0 saturated carbocycles. The second-order valence-corrected chi connectivity index (χ2v) is 14.8. The number of hydrogen-bond donors (Lipinski definition) is 0. The molecule has 0 unspecified atom stereocenters. The van der Waals surface area contributed by atoms with Gasteiger partial charge >= 0.3 is 0 Å². The number of nitrogens with zero attached hydrogens (tertiary/aromatic N) is 1. The molecule has 0 amide bonds. The first-order chi connectivity index (χ1) is 26.8. The van der Waals surface area contributed by atoms with E-state index in [1.807, 2.05) is 11.3 Å². The standard InChI is InChI=1S/C52H35NS/c1-3-12-36(13-4-1)38-22-26-41(27-23-38)46-16-7-9-19-49(46)53(50-20-11-18-48-47-17-8-10-21-51(47)54-52(48)50)45-32-30-39(31-33-45)43-29-25-40-24-28-42(34-44(40)35-43)37-14-5-2-6-15-37/h1-35H. The summed E-state index contributed by atoms with van der Waals surface area (Å²) >= 11 is 1.87. The van der Waals surface area contributed by atoms with Crippen molar-refractivity contribution in [1.82, 2.24) is 0 Å². The Bertz CT molecular complexity index is 2910. The molecule has 0 aliphatic rings. The van der Waals surface area contributed by atoms with Gasteiger partial charge in [-0.2, -0.15) is 0 Å². The lowest BCUT2D eigenvalue weighted by Crippen LogP contribution is -2.11. The number of fused-ring (bicyclic) bond motifs is 4. The van der Waals surface area contributed by atoms with Gasteiger partial charge in [0.15, 0.2) is 0 Å². The summed E-state index contributed by atoms with van der Waals surface area (Å²) in [5.41, 5.74) is 13.1. The smallest absolute Gasteiger partial charge is 0.0640 e. The first-order valence-corrected chi connectivity index (χ1v) is 19.2. The lowest BCUT2D eigenvalue weighted by Gasteiger charge is -2.28. The SMILES string of the molecule is c1ccc(-c2ccc(-c3ccccc3N(c3ccc(-c4ccc5ccc(-c6ccccc6)cc5c4)cc3)c3cccc4c3sc3ccccc34)cc2)cc1. The molecule has 1 aromatic heterocycles. The Balaban J connectivity index is 1.09. The van der Waals surface area contributed by atoms with E-state index in [9.17, 15) is 0 Å². The van der Waals surface area contributed by atoms with Crippen LogP contribution in [0, 0.1) is 0 Å². The van der Waals surface area contributed by atoms with Gasteiger partial charge in [-0.1, -0.05) is 170 Å². The van der Waals surface area contributed by atoms with Crippen molar-refractivity contribution in [1.29, 1.82) is 0 Å². The first-order valence-electron chi connectivity index (χ1n) is 18.4. The van der Waals surface area contributed by atoms with E-state index in [0.29, 0.717) is 0 Å². The van der Waals surface area contributed by atoms with Gasteiger partial charge in [0.2, 0.25) is 0 Å². The molecule has 0 spiro atoms. The van der Waals surface area contributed by atoms with E-state index in [1.54, 1.807) is 0 Å². The van der Waals surface area contributed by atoms with E-state index in [4.69, 9.17) is 0 Å². The number of rotatable bonds is 7. The van der Waals surface area contributed by atoms with Crippen LogP contribution in [0.5, 0.6) is 0 Å². The van der Waals surface area contributed by atoms with Crippen LogP contribution in [0.25, 0.3) is 75.5 Å². The minimum Gasteiger partial charge on any atom is -0.308 e. The molecule has 9 aromatic carbocycles. The number of para-hydroxylation sites is 1. The monoisotopic (exact) mass is 705 g/mol. The Morgan fingerprint density at radius 3 is 1.54 bits per heavy atom. The van der Waals surface area contributed by atoms with E-state index in [2.05, 4.69) is 217 Å². The fourth-order valence-electron chi connectivity index (χ4n) is 7.74. The van der Waals surface area contributed by atoms with Crippen LogP contribution in [0.3, 0.4) is 0 Å². The Morgan fingerprint density at radius 1 is 0.315 bits per heavy atom. The number of hydrogen-bond acceptors (Lipinski definition) is 2. The topological polar surface area (TPSA) is 3.24 Å². The van der Waals surface area contributed by atoms with Crippen molar-refractivity contribution in [3.63, 3.8) is 0 Å². The van der Waals surface area contributed by atoms with Crippen LogP contribution in [-0.4, -0.2) is 0 Å². The molecule has 0 saturated heterocycles. The third-order valence-electron chi connectivity index (χ3n) is 10.5. The number of anilines is 3. The van der Waals surface area contributed by atoms with Crippen molar-refractivity contribution in [3.05, 3.63) is 212 Å². The van der Waals surface area contributed by atoms with Gasteiger partial charge in [0.25, 0.3) is 0 Å². The highest BCUT2D eigenvalue weighted by Gasteiger charge is 2.21. The molecule has 1 nitrogen and oxygen atoms in total. The van der Waals surface area contributed by atoms with Gasteiger partial charge < -0.3 is 4.90 Å². The molecule has 10 rings (SSSR count). The fourth-order valence-corrected chi connectivity index (χ4v) is 8.95. The van der Waals surface area contributed by atoms with Crippen LogP contribution in [0.4, 0.5) is 17.1 Å². The fraction of sp³-hybridized carbons (Fsp3) is 0. The molecule has 54 heavy (non-hydrogen) atoms. The maximum absolute atomic E-state index is 2.45. The summed E-state index contributed by atoms with van der Waals surface area (Å²) in [5, 5.41) is 5.06. The first kappa shape index (κ1) is 32.0. The summed E-state index contributed by atoms with van der Waals surface area (Å²) in [6, 6.07) is 77.1. The molecule has 1 heterocycles. The minimum absolute atomic E-state index is 1.12. The highest BCUT2D eigenvalue weighted by Crippen LogP contribution is 2.47. The van der Waals surface area contributed by atoms with Crippen molar-refractivity contribution in [2.24, 2.45) is 0 Å². The molecular formula is C52H35NS. The average Bonchev–Trinajstić information content (AvgIpc) is 3.64. The van der Waals surface area contributed by atoms with E-state index in [0.717, 1.165) is 11.4 Å². The molecule has 0 atom stereocenters. The second kappa shape index (κ2) is 13.7. The minimum atomic E-state index is 1.12. The quantitative estimate of drug-likeness (QED) is 0.160. The zero-order chi connectivity index (χ0) is 35.8. The van der Waals surface area contributed by atoms with Gasteiger partial charge in [-0.25, -0.2) is 0 Å². The maximum atomic E-state index is 2.45. The van der Waals surface area contributed by atoms with Crippen molar-refractivity contribution in [2.45, 2.75) is 0 Å². The summed E-state index contributed by atoms with van der Waals surface area (Å²) < 4.78 is 2.58. The summed E-state index contributed by atoms with van der Waals surface area (Å²) in [7, 11) is 0. The van der Waals surface area contributed by atoms with Crippen LogP contribution in [-0.2, 0) is 0 Å². The lowest BCUT2D eigenvalue weighted by molar-refractivity contribution is 1.30. The van der Waals surface area contributed by atoms with Crippen molar-refractivity contribution < 1.29 is 0 Å². The molecule has 0 aliphatic carbocycles. The van der Waals surface area contributed by atoms with E-state index < -0.39 is 0 Å². The van der Waals surface area contributed by atoms with Crippen LogP contribution in [0.2, 0.25) is 0 Å². The molecule has 0 bridgehead atoms. The van der Waals surface area contributed by atoms with E-state index >= 15 is 0 Å². The van der Waals surface area contributed by atoms with Crippen molar-refractivity contribution >= 4 is 59.3 Å². The summed E-state index contributed by atoms with van der Waals surface area (Å²) in [6.45, 7) is 0. The van der Waals surface area contributed by atoms with Crippen LogP contribution in [0.1, 0.15) is 0 Å². The Kier molecular flexibility index (Phi) is 8.09. The third kappa shape index (κ3) is 5.84. The second-order valence-electron chi connectivity index (χ2n) is 13.7. The predicted octanol–water partition coefficient (Wildman–Crippen LogP) is 15.3. The zero-order valence-electron chi connectivity index (χ0n) is 29.6. The number of thiophene rings is 1. The average molecular weight is 706 g/mol. The summed E-state index contributed by atoms with van der Waals surface area (Å²) in [5.74, 6) is 0. The highest BCUT2D eigenvalue weighted by molar-refractivity contribution is 7.26. The van der Waals surface area contributed by atoms with Gasteiger partial charge in [-0.05, 0) is 92.2 Å².